The molecule has 0 unspecified atom stereocenters. The smallest absolute Gasteiger partial charge is 0.115 e. The van der Waals surface area contributed by atoms with Gasteiger partial charge in [-0.25, -0.2) is 0 Å². The molecule has 0 spiro atoms. The Balaban J connectivity index is 1.47. The molecule has 0 aliphatic heterocycles. The van der Waals surface area contributed by atoms with Crippen LogP contribution >= 0.6 is 0 Å². The summed E-state index contributed by atoms with van der Waals surface area (Å²) >= 11 is 0. The van der Waals surface area contributed by atoms with E-state index in [1.165, 1.54) is 12.8 Å². The average molecular weight is 235 g/mol. The van der Waals surface area contributed by atoms with Gasteiger partial charge in [0.15, 0.2) is 0 Å². The zero-order chi connectivity index (χ0) is 11.9. The number of phenols is 1. The van der Waals surface area contributed by atoms with Gasteiger partial charge in [-0.15, -0.1) is 0 Å². The van der Waals surface area contributed by atoms with E-state index in [1.807, 2.05) is 12.1 Å². The minimum absolute atomic E-state index is 0.331. The van der Waals surface area contributed by atoms with Gasteiger partial charge in [0.2, 0.25) is 0 Å². The maximum Gasteiger partial charge on any atom is 0.115 e. The van der Waals surface area contributed by atoms with Gasteiger partial charge in [-0.1, -0.05) is 12.1 Å². The first-order chi connectivity index (χ1) is 8.34. The Morgan fingerprint density at radius 2 is 2.24 bits per heavy atom. The van der Waals surface area contributed by atoms with Crippen LogP contribution in [0, 0.1) is 5.92 Å². The molecule has 17 heavy (non-hydrogen) atoms. The van der Waals surface area contributed by atoms with E-state index in [0.29, 0.717) is 5.75 Å². The molecule has 1 saturated carbocycles. The van der Waals surface area contributed by atoms with Gasteiger partial charge >= 0.3 is 0 Å². The molecule has 94 valence electrons. The zero-order valence-electron chi connectivity index (χ0n) is 10.2. The fourth-order valence-corrected chi connectivity index (χ4v) is 1.73. The van der Waals surface area contributed by atoms with Gasteiger partial charge in [0.1, 0.15) is 5.75 Å². The lowest BCUT2D eigenvalue weighted by Crippen LogP contribution is -2.16. The third kappa shape index (κ3) is 5.20. The number of rotatable bonds is 8. The van der Waals surface area contributed by atoms with Crippen molar-refractivity contribution in [3.8, 4) is 5.75 Å². The Morgan fingerprint density at radius 3 is 3.00 bits per heavy atom. The predicted molar refractivity (Wildman–Crippen MR) is 68.0 cm³/mol. The molecule has 0 bridgehead atoms. The van der Waals surface area contributed by atoms with Crippen LogP contribution in [0.5, 0.6) is 5.75 Å². The monoisotopic (exact) mass is 235 g/mol. The van der Waals surface area contributed by atoms with Crippen LogP contribution in [0.15, 0.2) is 24.3 Å². The van der Waals surface area contributed by atoms with Crippen molar-refractivity contribution in [2.45, 2.75) is 25.8 Å². The van der Waals surface area contributed by atoms with E-state index >= 15 is 0 Å². The van der Waals surface area contributed by atoms with E-state index < -0.39 is 0 Å². The van der Waals surface area contributed by atoms with Gasteiger partial charge < -0.3 is 15.2 Å². The maximum atomic E-state index is 9.30. The van der Waals surface area contributed by atoms with Crippen LogP contribution in [0.2, 0.25) is 0 Å². The fraction of sp³-hybridized carbons (Fsp3) is 0.571. The summed E-state index contributed by atoms with van der Waals surface area (Å²) in [5.74, 6) is 1.19. The Bertz CT molecular complexity index is 337. The molecule has 1 aromatic rings. The predicted octanol–water partition coefficient (Wildman–Crippen LogP) is 2.30. The summed E-state index contributed by atoms with van der Waals surface area (Å²) in [5, 5.41) is 12.6. The van der Waals surface area contributed by atoms with E-state index in [2.05, 4.69) is 5.32 Å². The van der Waals surface area contributed by atoms with E-state index in [9.17, 15) is 5.11 Å². The highest BCUT2D eigenvalue weighted by molar-refractivity contribution is 5.26. The van der Waals surface area contributed by atoms with Crippen molar-refractivity contribution in [3.63, 3.8) is 0 Å². The minimum atomic E-state index is 0.331. The average Bonchev–Trinajstić information content (AvgIpc) is 3.12. The van der Waals surface area contributed by atoms with Crippen LogP contribution in [0.3, 0.4) is 0 Å². The third-order valence-electron chi connectivity index (χ3n) is 2.93. The summed E-state index contributed by atoms with van der Waals surface area (Å²) in [4.78, 5) is 0. The van der Waals surface area contributed by atoms with Crippen LogP contribution in [0.25, 0.3) is 0 Å². The molecule has 0 radical (unpaired) electrons. The zero-order valence-corrected chi connectivity index (χ0v) is 10.2. The van der Waals surface area contributed by atoms with Crippen molar-refractivity contribution >= 4 is 0 Å². The molecular formula is C14H21NO2. The SMILES string of the molecule is Oc1cccc(CNCCCOCC2CC2)c1. The van der Waals surface area contributed by atoms with Gasteiger partial charge in [-0.05, 0) is 49.4 Å². The molecule has 3 heteroatoms. The number of ether oxygens (including phenoxy) is 1. The Kier molecular flexibility index (Phi) is 4.83. The first-order valence-corrected chi connectivity index (χ1v) is 6.41. The number of hydrogen-bond acceptors (Lipinski definition) is 3. The van der Waals surface area contributed by atoms with E-state index in [1.54, 1.807) is 12.1 Å². The second-order valence-corrected chi connectivity index (χ2v) is 4.72. The largest absolute Gasteiger partial charge is 0.508 e. The van der Waals surface area contributed by atoms with Crippen molar-refractivity contribution in [1.29, 1.82) is 0 Å². The van der Waals surface area contributed by atoms with E-state index in [0.717, 1.165) is 44.2 Å². The van der Waals surface area contributed by atoms with Crippen LogP contribution < -0.4 is 5.32 Å². The van der Waals surface area contributed by atoms with Crippen molar-refractivity contribution in [2.75, 3.05) is 19.8 Å². The van der Waals surface area contributed by atoms with Crippen LogP contribution in [0.4, 0.5) is 0 Å². The molecule has 0 saturated heterocycles. The molecule has 1 aliphatic carbocycles. The van der Waals surface area contributed by atoms with Crippen LogP contribution in [-0.2, 0) is 11.3 Å². The summed E-state index contributed by atoms with van der Waals surface area (Å²) in [6, 6.07) is 7.35. The first kappa shape index (κ1) is 12.4. The molecule has 1 aromatic carbocycles. The number of hydrogen-bond donors (Lipinski definition) is 2. The molecule has 1 fully saturated rings. The molecular weight excluding hydrogens is 214 g/mol. The lowest BCUT2D eigenvalue weighted by Gasteiger charge is -2.06. The third-order valence-corrected chi connectivity index (χ3v) is 2.93. The minimum Gasteiger partial charge on any atom is -0.508 e. The van der Waals surface area contributed by atoms with Crippen LogP contribution in [-0.4, -0.2) is 24.9 Å². The standard InChI is InChI=1S/C14H21NO2/c16-14-4-1-3-13(9-14)10-15-7-2-8-17-11-12-5-6-12/h1,3-4,9,12,15-16H,2,5-8,10-11H2. The van der Waals surface area contributed by atoms with Gasteiger partial charge in [0.05, 0.1) is 0 Å². The number of benzene rings is 1. The molecule has 0 amide bonds. The highest BCUT2D eigenvalue weighted by Gasteiger charge is 2.20. The maximum absolute atomic E-state index is 9.30. The van der Waals surface area contributed by atoms with Gasteiger partial charge in [0, 0.05) is 19.8 Å². The molecule has 2 N–H and O–H groups in total. The summed E-state index contributed by atoms with van der Waals surface area (Å²) in [7, 11) is 0. The fourth-order valence-electron chi connectivity index (χ4n) is 1.73. The molecule has 0 aromatic heterocycles. The van der Waals surface area contributed by atoms with E-state index in [-0.39, 0.29) is 0 Å². The number of aromatic hydroxyl groups is 1. The first-order valence-electron chi connectivity index (χ1n) is 6.41. The summed E-state index contributed by atoms with van der Waals surface area (Å²) in [6.45, 7) is 3.56. The Morgan fingerprint density at radius 1 is 1.35 bits per heavy atom. The molecule has 3 nitrogen and oxygen atoms in total. The topological polar surface area (TPSA) is 41.5 Å². The molecule has 0 heterocycles. The highest BCUT2D eigenvalue weighted by atomic mass is 16.5. The van der Waals surface area contributed by atoms with Crippen molar-refractivity contribution in [3.05, 3.63) is 29.8 Å². The van der Waals surface area contributed by atoms with Crippen LogP contribution in [0.1, 0.15) is 24.8 Å². The quantitative estimate of drug-likeness (QED) is 0.679. The number of nitrogens with one attached hydrogen (secondary N) is 1. The van der Waals surface area contributed by atoms with Gasteiger partial charge in [-0.3, -0.25) is 0 Å². The van der Waals surface area contributed by atoms with Crippen molar-refractivity contribution < 1.29 is 9.84 Å². The second-order valence-electron chi connectivity index (χ2n) is 4.72. The summed E-state index contributed by atoms with van der Waals surface area (Å²) in [5.41, 5.74) is 1.11. The van der Waals surface area contributed by atoms with E-state index in [4.69, 9.17) is 4.74 Å². The van der Waals surface area contributed by atoms with Gasteiger partial charge in [0.25, 0.3) is 0 Å². The highest BCUT2D eigenvalue weighted by Crippen LogP contribution is 2.28. The van der Waals surface area contributed by atoms with Crippen molar-refractivity contribution in [1.82, 2.24) is 5.32 Å². The molecule has 1 aliphatic rings. The normalized spacial score (nSPS) is 15.1. The molecule has 2 rings (SSSR count). The van der Waals surface area contributed by atoms with Crippen molar-refractivity contribution in [2.24, 2.45) is 5.92 Å². The second kappa shape index (κ2) is 6.62. The summed E-state index contributed by atoms with van der Waals surface area (Å²) < 4.78 is 5.55. The lowest BCUT2D eigenvalue weighted by atomic mass is 10.2. The molecule has 0 atom stereocenters. The lowest BCUT2D eigenvalue weighted by molar-refractivity contribution is 0.122. The Hall–Kier alpha value is -1.06. The number of phenolic OH excluding ortho intramolecular Hbond substituents is 1. The van der Waals surface area contributed by atoms with Gasteiger partial charge in [-0.2, -0.15) is 0 Å². The Labute approximate surface area is 103 Å². The summed E-state index contributed by atoms with van der Waals surface area (Å²) in [6.07, 6.45) is 3.76.